The van der Waals surface area contributed by atoms with Crippen molar-refractivity contribution in [3.05, 3.63) is 29.8 Å². The second-order valence-corrected chi connectivity index (χ2v) is 2.60. The van der Waals surface area contributed by atoms with Crippen LogP contribution in [0.25, 0.3) is 0 Å². The van der Waals surface area contributed by atoms with Crippen molar-refractivity contribution in [1.82, 2.24) is 0 Å². The van der Waals surface area contributed by atoms with Crippen LogP contribution in [0.3, 0.4) is 0 Å². The van der Waals surface area contributed by atoms with Gasteiger partial charge in [0.15, 0.2) is 0 Å². The highest BCUT2D eigenvalue weighted by Gasteiger charge is 2.03. The first-order valence-corrected chi connectivity index (χ1v) is 3.72. The molecule has 0 aliphatic heterocycles. The Labute approximate surface area is 70.8 Å². The fourth-order valence-corrected chi connectivity index (χ4v) is 0.961. The molecule has 3 N–H and O–H groups in total. The Bertz CT molecular complexity index is 256. The fraction of sp³-hybridized carbons (Fsp3) is 0.222. The highest BCUT2D eigenvalue weighted by molar-refractivity contribution is 5.51. The van der Waals surface area contributed by atoms with Crippen molar-refractivity contribution in [3.63, 3.8) is 0 Å². The molecule has 1 rings (SSSR count). The van der Waals surface area contributed by atoms with E-state index < -0.39 is 0 Å². The number of phenolic OH excluding ortho intramolecular Hbond substituents is 1. The van der Waals surface area contributed by atoms with Crippen LogP contribution in [0.15, 0.2) is 24.3 Å². The summed E-state index contributed by atoms with van der Waals surface area (Å²) in [4.78, 5) is 10.1. The van der Waals surface area contributed by atoms with Gasteiger partial charge in [-0.05, 0) is 17.7 Å². The van der Waals surface area contributed by atoms with Gasteiger partial charge in [-0.1, -0.05) is 12.1 Å². The molecule has 0 aliphatic rings. The Kier molecular flexibility index (Phi) is 2.82. The number of phenols is 1. The van der Waals surface area contributed by atoms with Gasteiger partial charge in [-0.15, -0.1) is 0 Å². The van der Waals surface area contributed by atoms with E-state index in [1.807, 2.05) is 0 Å². The summed E-state index contributed by atoms with van der Waals surface area (Å²) >= 11 is 0. The summed E-state index contributed by atoms with van der Waals surface area (Å²) < 4.78 is 0. The molecule has 0 amide bonds. The Morgan fingerprint density at radius 3 is 2.50 bits per heavy atom. The van der Waals surface area contributed by atoms with Crippen LogP contribution >= 0.6 is 0 Å². The van der Waals surface area contributed by atoms with Gasteiger partial charge in [0.05, 0.1) is 0 Å². The maximum atomic E-state index is 10.1. The fourth-order valence-electron chi connectivity index (χ4n) is 0.961. The van der Waals surface area contributed by atoms with Gasteiger partial charge in [-0.2, -0.15) is 0 Å². The highest BCUT2D eigenvalue weighted by Crippen LogP contribution is 2.16. The van der Waals surface area contributed by atoms with E-state index in [0.717, 1.165) is 11.8 Å². The number of hydrogen-bond acceptors (Lipinski definition) is 3. The van der Waals surface area contributed by atoms with Crippen LogP contribution in [0.2, 0.25) is 0 Å². The SMILES string of the molecule is N[C@@H](CC=O)c1ccc(O)cc1. The van der Waals surface area contributed by atoms with E-state index in [9.17, 15) is 4.79 Å². The molecule has 0 fully saturated rings. The van der Waals surface area contributed by atoms with Crippen LogP contribution < -0.4 is 5.73 Å². The van der Waals surface area contributed by atoms with Crippen LogP contribution in [0, 0.1) is 0 Å². The summed E-state index contributed by atoms with van der Waals surface area (Å²) in [6.45, 7) is 0. The van der Waals surface area contributed by atoms with Crippen LogP contribution in [-0.2, 0) is 4.79 Å². The van der Waals surface area contributed by atoms with Crippen molar-refractivity contribution in [1.29, 1.82) is 0 Å². The predicted molar refractivity (Wildman–Crippen MR) is 45.7 cm³/mol. The second-order valence-electron chi connectivity index (χ2n) is 2.60. The molecule has 0 spiro atoms. The summed E-state index contributed by atoms with van der Waals surface area (Å²) in [7, 11) is 0. The van der Waals surface area contributed by atoms with Crippen molar-refractivity contribution >= 4 is 6.29 Å². The van der Waals surface area contributed by atoms with Crippen molar-refractivity contribution in [2.75, 3.05) is 0 Å². The minimum absolute atomic E-state index is 0.206. The van der Waals surface area contributed by atoms with Gasteiger partial charge in [0.2, 0.25) is 0 Å². The summed E-state index contributed by atoms with van der Waals surface area (Å²) in [5, 5.41) is 8.96. The molecule has 3 nitrogen and oxygen atoms in total. The molecular formula is C9H11NO2. The van der Waals surface area contributed by atoms with Crippen LogP contribution in [0.5, 0.6) is 5.75 Å². The molecule has 0 aliphatic carbocycles. The molecule has 0 radical (unpaired) electrons. The lowest BCUT2D eigenvalue weighted by Gasteiger charge is -2.07. The Hall–Kier alpha value is -1.35. The third-order valence-electron chi connectivity index (χ3n) is 1.67. The van der Waals surface area contributed by atoms with Crippen molar-refractivity contribution in [2.24, 2.45) is 5.73 Å². The van der Waals surface area contributed by atoms with Crippen molar-refractivity contribution in [2.45, 2.75) is 12.5 Å². The zero-order chi connectivity index (χ0) is 8.97. The maximum Gasteiger partial charge on any atom is 0.121 e. The normalized spacial score (nSPS) is 12.4. The molecule has 12 heavy (non-hydrogen) atoms. The summed E-state index contributed by atoms with van der Waals surface area (Å²) in [5.41, 5.74) is 6.50. The Morgan fingerprint density at radius 1 is 1.42 bits per heavy atom. The lowest BCUT2D eigenvalue weighted by molar-refractivity contribution is -0.108. The first-order valence-electron chi connectivity index (χ1n) is 3.72. The number of hydrogen-bond donors (Lipinski definition) is 2. The minimum Gasteiger partial charge on any atom is -0.508 e. The van der Waals surface area contributed by atoms with Gasteiger partial charge in [0, 0.05) is 12.5 Å². The van der Waals surface area contributed by atoms with E-state index in [2.05, 4.69) is 0 Å². The molecule has 0 heterocycles. The molecule has 1 aromatic rings. The van der Waals surface area contributed by atoms with E-state index in [-0.39, 0.29) is 11.8 Å². The van der Waals surface area contributed by atoms with Crippen LogP contribution in [-0.4, -0.2) is 11.4 Å². The van der Waals surface area contributed by atoms with Gasteiger partial charge in [0.25, 0.3) is 0 Å². The molecule has 64 valence electrons. The lowest BCUT2D eigenvalue weighted by Crippen LogP contribution is -2.10. The number of aldehydes is 1. The summed E-state index contributed by atoms with van der Waals surface area (Å²) in [6, 6.07) is 6.27. The predicted octanol–water partition coefficient (Wildman–Crippen LogP) is 0.981. The third kappa shape index (κ3) is 2.07. The molecular weight excluding hydrogens is 154 g/mol. The van der Waals surface area contributed by atoms with Crippen molar-refractivity contribution in [3.8, 4) is 5.75 Å². The molecule has 0 saturated heterocycles. The maximum absolute atomic E-state index is 10.1. The van der Waals surface area contributed by atoms with Crippen LogP contribution in [0.1, 0.15) is 18.0 Å². The number of carbonyl (C=O) groups is 1. The Balaban J connectivity index is 2.74. The lowest BCUT2D eigenvalue weighted by atomic mass is 10.1. The number of aromatic hydroxyl groups is 1. The van der Waals surface area contributed by atoms with Gasteiger partial charge in [-0.3, -0.25) is 0 Å². The molecule has 3 heteroatoms. The highest BCUT2D eigenvalue weighted by atomic mass is 16.3. The first kappa shape index (κ1) is 8.74. The van der Waals surface area contributed by atoms with Gasteiger partial charge >= 0.3 is 0 Å². The number of nitrogens with two attached hydrogens (primary N) is 1. The van der Waals surface area contributed by atoms with E-state index in [1.54, 1.807) is 24.3 Å². The molecule has 0 bridgehead atoms. The molecule has 0 unspecified atom stereocenters. The smallest absolute Gasteiger partial charge is 0.121 e. The molecule has 0 saturated carbocycles. The summed E-state index contributed by atoms with van der Waals surface area (Å²) in [6.07, 6.45) is 1.10. The summed E-state index contributed by atoms with van der Waals surface area (Å²) in [5.74, 6) is 0.206. The largest absolute Gasteiger partial charge is 0.508 e. The van der Waals surface area contributed by atoms with E-state index in [0.29, 0.717) is 6.42 Å². The molecule has 0 aromatic heterocycles. The average Bonchev–Trinajstić information content (AvgIpc) is 2.06. The quantitative estimate of drug-likeness (QED) is 0.656. The van der Waals surface area contributed by atoms with E-state index in [1.165, 1.54) is 0 Å². The molecule has 1 atom stereocenters. The van der Waals surface area contributed by atoms with Gasteiger partial charge < -0.3 is 15.6 Å². The van der Waals surface area contributed by atoms with Gasteiger partial charge in [0.1, 0.15) is 12.0 Å². The zero-order valence-corrected chi connectivity index (χ0v) is 6.60. The van der Waals surface area contributed by atoms with Gasteiger partial charge in [-0.25, -0.2) is 0 Å². The van der Waals surface area contributed by atoms with E-state index in [4.69, 9.17) is 10.8 Å². The van der Waals surface area contributed by atoms with E-state index >= 15 is 0 Å². The second kappa shape index (κ2) is 3.88. The first-order chi connectivity index (χ1) is 5.74. The average molecular weight is 165 g/mol. The zero-order valence-electron chi connectivity index (χ0n) is 6.60. The number of benzene rings is 1. The number of rotatable bonds is 3. The third-order valence-corrected chi connectivity index (χ3v) is 1.67. The standard InChI is InChI=1S/C9H11NO2/c10-9(5-6-11)7-1-3-8(12)4-2-7/h1-4,6,9,12H,5,10H2/t9-/m0/s1. The van der Waals surface area contributed by atoms with Crippen molar-refractivity contribution < 1.29 is 9.90 Å². The molecule has 1 aromatic carbocycles. The monoisotopic (exact) mass is 165 g/mol. The minimum atomic E-state index is -0.261. The Morgan fingerprint density at radius 2 is 2.00 bits per heavy atom. The number of carbonyl (C=O) groups excluding carboxylic acids is 1. The van der Waals surface area contributed by atoms with Crippen LogP contribution in [0.4, 0.5) is 0 Å². The topological polar surface area (TPSA) is 63.3 Å².